The first-order chi connectivity index (χ1) is 7.63. The fourth-order valence-corrected chi connectivity index (χ4v) is 1.10. The van der Waals surface area contributed by atoms with E-state index < -0.39 is 0 Å². The molecule has 5 heteroatoms. The number of carbonyl (C=O) groups excluding carboxylic acids is 1. The summed E-state index contributed by atoms with van der Waals surface area (Å²) in [5.41, 5.74) is 0. The van der Waals surface area contributed by atoms with Gasteiger partial charge in [-0.3, -0.25) is 4.79 Å². The molecule has 1 saturated heterocycles. The van der Waals surface area contributed by atoms with Crippen LogP contribution in [0.2, 0.25) is 0 Å². The molecular formula is C11H16O5. The summed E-state index contributed by atoms with van der Waals surface area (Å²) < 4.78 is 19.9. The van der Waals surface area contributed by atoms with Crippen molar-refractivity contribution in [3.8, 4) is 0 Å². The fraction of sp³-hybridized carbons (Fsp3) is 0.545. The van der Waals surface area contributed by atoms with Crippen molar-refractivity contribution in [1.82, 2.24) is 0 Å². The van der Waals surface area contributed by atoms with Gasteiger partial charge in [0, 0.05) is 6.92 Å². The number of rotatable bonds is 1. The zero-order valence-electron chi connectivity index (χ0n) is 9.69. The van der Waals surface area contributed by atoms with Gasteiger partial charge in [-0.2, -0.15) is 0 Å². The molecule has 1 aliphatic heterocycles. The molecular weight excluding hydrogens is 212 g/mol. The van der Waals surface area contributed by atoms with Crippen molar-refractivity contribution in [3.05, 3.63) is 23.7 Å². The van der Waals surface area contributed by atoms with Gasteiger partial charge in [0.25, 0.3) is 0 Å². The molecule has 0 radical (unpaired) electrons. The zero-order chi connectivity index (χ0) is 12.0. The zero-order valence-corrected chi connectivity index (χ0v) is 9.69. The predicted molar refractivity (Wildman–Crippen MR) is 55.8 cm³/mol. The molecule has 5 nitrogen and oxygen atoms in total. The van der Waals surface area contributed by atoms with Gasteiger partial charge in [-0.15, -0.1) is 0 Å². The maximum absolute atomic E-state index is 9.59. The van der Waals surface area contributed by atoms with Gasteiger partial charge in [0.1, 0.15) is 5.76 Å². The third-order valence-electron chi connectivity index (χ3n) is 1.90. The lowest BCUT2D eigenvalue weighted by Gasteiger charge is -2.03. The van der Waals surface area contributed by atoms with E-state index in [-0.39, 0.29) is 12.3 Å². The lowest BCUT2D eigenvalue weighted by Crippen LogP contribution is -1.94. The summed E-state index contributed by atoms with van der Waals surface area (Å²) in [6, 6.07) is 3.78. The first-order valence-electron chi connectivity index (χ1n) is 4.97. The Labute approximate surface area is 94.3 Å². The highest BCUT2D eigenvalue weighted by atomic mass is 16.7. The van der Waals surface area contributed by atoms with Crippen molar-refractivity contribution in [2.75, 3.05) is 20.3 Å². The van der Waals surface area contributed by atoms with Crippen LogP contribution in [0.15, 0.2) is 16.5 Å². The van der Waals surface area contributed by atoms with E-state index in [0.29, 0.717) is 13.2 Å². The lowest BCUT2D eigenvalue weighted by molar-refractivity contribution is -0.137. The predicted octanol–water partition coefficient (Wildman–Crippen LogP) is 1.81. The van der Waals surface area contributed by atoms with E-state index >= 15 is 0 Å². The Bertz CT molecular complexity index is 325. The van der Waals surface area contributed by atoms with Crippen LogP contribution in [0.1, 0.15) is 24.7 Å². The summed E-state index contributed by atoms with van der Waals surface area (Å²) in [6.45, 7) is 4.58. The average Bonchev–Trinajstić information content (AvgIpc) is 2.88. The average molecular weight is 228 g/mol. The molecule has 0 bridgehead atoms. The van der Waals surface area contributed by atoms with Crippen LogP contribution < -0.4 is 0 Å². The molecule has 0 unspecified atom stereocenters. The van der Waals surface area contributed by atoms with Gasteiger partial charge in [-0.05, 0) is 19.1 Å². The van der Waals surface area contributed by atoms with Gasteiger partial charge < -0.3 is 18.6 Å². The highest BCUT2D eigenvalue weighted by molar-refractivity contribution is 5.65. The van der Waals surface area contributed by atoms with Crippen molar-refractivity contribution in [2.24, 2.45) is 0 Å². The van der Waals surface area contributed by atoms with Crippen molar-refractivity contribution in [2.45, 2.75) is 20.1 Å². The number of furan rings is 1. The Kier molecular flexibility index (Phi) is 5.01. The van der Waals surface area contributed by atoms with Gasteiger partial charge in [0.05, 0.1) is 20.3 Å². The van der Waals surface area contributed by atoms with Crippen LogP contribution >= 0.6 is 0 Å². The molecule has 2 rings (SSSR count). The van der Waals surface area contributed by atoms with E-state index in [1.807, 2.05) is 19.1 Å². The number of esters is 1. The molecule has 90 valence electrons. The van der Waals surface area contributed by atoms with Crippen molar-refractivity contribution < 1.29 is 23.4 Å². The Morgan fingerprint density at radius 1 is 1.38 bits per heavy atom. The van der Waals surface area contributed by atoms with E-state index in [4.69, 9.17) is 13.9 Å². The molecule has 0 aromatic carbocycles. The first-order valence-corrected chi connectivity index (χ1v) is 4.97. The molecule has 1 fully saturated rings. The summed E-state index contributed by atoms with van der Waals surface area (Å²) in [5, 5.41) is 0. The van der Waals surface area contributed by atoms with Crippen LogP contribution in [0.3, 0.4) is 0 Å². The second-order valence-electron chi connectivity index (χ2n) is 3.22. The maximum Gasteiger partial charge on any atom is 0.302 e. The summed E-state index contributed by atoms with van der Waals surface area (Å²) in [4.78, 5) is 9.59. The number of hydrogen-bond acceptors (Lipinski definition) is 5. The van der Waals surface area contributed by atoms with Gasteiger partial charge in [-0.1, -0.05) is 0 Å². The van der Waals surface area contributed by atoms with Crippen LogP contribution in [-0.2, 0) is 19.0 Å². The number of hydrogen-bond donors (Lipinski definition) is 0. The largest absolute Gasteiger partial charge is 0.469 e. The normalized spacial score (nSPS) is 15.4. The Hall–Kier alpha value is -1.33. The van der Waals surface area contributed by atoms with Crippen LogP contribution in [0, 0.1) is 6.92 Å². The van der Waals surface area contributed by atoms with Crippen molar-refractivity contribution in [1.29, 1.82) is 0 Å². The van der Waals surface area contributed by atoms with E-state index in [2.05, 4.69) is 4.74 Å². The van der Waals surface area contributed by atoms with Gasteiger partial charge >= 0.3 is 5.97 Å². The summed E-state index contributed by atoms with van der Waals surface area (Å²) in [6.07, 6.45) is -0.274. The minimum Gasteiger partial charge on any atom is -0.469 e. The highest BCUT2D eigenvalue weighted by Gasteiger charge is 2.20. The number of methoxy groups -OCH3 is 1. The second-order valence-corrected chi connectivity index (χ2v) is 3.22. The van der Waals surface area contributed by atoms with E-state index in [1.165, 1.54) is 14.0 Å². The van der Waals surface area contributed by atoms with Crippen LogP contribution in [0.4, 0.5) is 0 Å². The SMILES string of the molecule is COC(C)=O.Cc1ccc(C2OCCO2)o1. The molecule has 0 N–H and O–H groups in total. The van der Waals surface area contributed by atoms with Crippen LogP contribution in [0.5, 0.6) is 0 Å². The molecule has 2 heterocycles. The van der Waals surface area contributed by atoms with E-state index in [0.717, 1.165) is 11.5 Å². The van der Waals surface area contributed by atoms with Crippen molar-refractivity contribution in [3.63, 3.8) is 0 Å². The molecule has 16 heavy (non-hydrogen) atoms. The van der Waals surface area contributed by atoms with Crippen LogP contribution in [0.25, 0.3) is 0 Å². The Morgan fingerprint density at radius 2 is 1.94 bits per heavy atom. The lowest BCUT2D eigenvalue weighted by atomic mass is 10.4. The smallest absolute Gasteiger partial charge is 0.302 e. The molecule has 0 aliphatic carbocycles. The quantitative estimate of drug-likeness (QED) is 0.686. The van der Waals surface area contributed by atoms with Gasteiger partial charge in [-0.25, -0.2) is 0 Å². The summed E-state index contributed by atoms with van der Waals surface area (Å²) >= 11 is 0. The summed E-state index contributed by atoms with van der Waals surface area (Å²) in [5.74, 6) is 1.41. The molecule has 0 atom stereocenters. The summed E-state index contributed by atoms with van der Waals surface area (Å²) in [7, 11) is 1.35. The minimum absolute atomic E-state index is 0.245. The third kappa shape index (κ3) is 4.04. The number of ether oxygens (including phenoxy) is 3. The molecule has 1 aromatic heterocycles. The standard InChI is InChI=1S/C8H10O3.C3H6O2/c1-6-2-3-7(11-6)8-9-4-5-10-8;1-3(4)5-2/h2-3,8H,4-5H2,1H3;1-2H3. The van der Waals surface area contributed by atoms with E-state index in [1.54, 1.807) is 0 Å². The molecule has 1 aromatic rings. The minimum atomic E-state index is -0.274. The molecule has 0 saturated carbocycles. The number of aryl methyl sites for hydroxylation is 1. The van der Waals surface area contributed by atoms with E-state index in [9.17, 15) is 4.79 Å². The first kappa shape index (κ1) is 12.7. The van der Waals surface area contributed by atoms with Crippen molar-refractivity contribution >= 4 is 5.97 Å². The second kappa shape index (κ2) is 6.30. The fourth-order valence-electron chi connectivity index (χ4n) is 1.10. The molecule has 0 amide bonds. The topological polar surface area (TPSA) is 57.9 Å². The molecule has 0 spiro atoms. The van der Waals surface area contributed by atoms with Gasteiger partial charge in [0.2, 0.25) is 6.29 Å². The third-order valence-corrected chi connectivity index (χ3v) is 1.90. The Balaban J connectivity index is 0.000000221. The highest BCUT2D eigenvalue weighted by Crippen LogP contribution is 2.24. The molecule has 1 aliphatic rings. The maximum atomic E-state index is 9.59. The monoisotopic (exact) mass is 228 g/mol. The number of carbonyl (C=O) groups is 1. The van der Waals surface area contributed by atoms with Crippen LogP contribution in [-0.4, -0.2) is 26.3 Å². The Morgan fingerprint density at radius 3 is 2.31 bits per heavy atom. The van der Waals surface area contributed by atoms with Gasteiger partial charge in [0.15, 0.2) is 5.76 Å².